The molecule has 1 N–H and O–H groups in total. The van der Waals surface area contributed by atoms with Crippen LogP contribution < -0.4 is 5.32 Å². The van der Waals surface area contributed by atoms with Crippen LogP contribution in [0.4, 0.5) is 4.39 Å². The van der Waals surface area contributed by atoms with Gasteiger partial charge in [0.2, 0.25) is 5.91 Å². The predicted octanol–water partition coefficient (Wildman–Crippen LogP) is 0.0387. The van der Waals surface area contributed by atoms with Crippen LogP contribution in [0.25, 0.3) is 0 Å². The van der Waals surface area contributed by atoms with E-state index >= 15 is 0 Å². The molecule has 0 unspecified atom stereocenters. The van der Waals surface area contributed by atoms with Gasteiger partial charge in [-0.2, -0.15) is 0 Å². The minimum absolute atomic E-state index is 0.0959. The second-order valence-electron chi connectivity index (χ2n) is 3.19. The second kappa shape index (κ2) is 5.20. The van der Waals surface area contributed by atoms with Gasteiger partial charge in [0, 0.05) is 20.3 Å². The zero-order valence-corrected chi connectivity index (χ0v) is 9.03. The molecule has 0 aliphatic rings. The first-order chi connectivity index (χ1) is 7.56. The normalized spacial score (nSPS) is 9.69. The maximum Gasteiger partial charge on any atom is 0.257 e. The fourth-order valence-corrected chi connectivity index (χ4v) is 1.12. The Balaban J connectivity index is 2.79. The molecule has 0 aliphatic carbocycles. The van der Waals surface area contributed by atoms with Crippen molar-refractivity contribution >= 4 is 11.8 Å². The number of nitrogens with one attached hydrogen (secondary N) is 1. The molecular weight excluding hydrogens is 213 g/mol. The van der Waals surface area contributed by atoms with Crippen molar-refractivity contribution in [1.82, 2.24) is 15.2 Å². The number of hydrogen-bond donors (Lipinski definition) is 1. The number of halogens is 1. The summed E-state index contributed by atoms with van der Waals surface area (Å²) in [6.45, 7) is -0.114. The summed E-state index contributed by atoms with van der Waals surface area (Å²) in [6.07, 6.45) is 2.28. The van der Waals surface area contributed by atoms with E-state index in [1.54, 1.807) is 0 Å². The molecule has 0 saturated carbocycles. The van der Waals surface area contributed by atoms with Crippen LogP contribution in [0.3, 0.4) is 0 Å². The van der Waals surface area contributed by atoms with Gasteiger partial charge in [-0.15, -0.1) is 0 Å². The summed E-state index contributed by atoms with van der Waals surface area (Å²) in [4.78, 5) is 27.4. The minimum atomic E-state index is -0.698. The number of rotatable bonds is 3. The summed E-state index contributed by atoms with van der Waals surface area (Å²) >= 11 is 0. The molecule has 1 heterocycles. The number of likely N-dealkylation sites (N-methyl/N-ethyl adjacent to an activating group) is 2. The molecule has 1 aromatic heterocycles. The van der Waals surface area contributed by atoms with Crippen molar-refractivity contribution in [2.75, 3.05) is 20.6 Å². The van der Waals surface area contributed by atoms with Crippen molar-refractivity contribution in [1.29, 1.82) is 0 Å². The van der Waals surface area contributed by atoms with E-state index in [2.05, 4.69) is 10.3 Å². The largest absolute Gasteiger partial charge is 0.358 e. The number of carbonyl (C=O) groups excluding carboxylic acids is 2. The SMILES string of the molecule is CNC(=O)CN(C)C(=O)c1ccncc1F. The topological polar surface area (TPSA) is 62.3 Å². The van der Waals surface area contributed by atoms with Crippen LogP contribution in [0.2, 0.25) is 0 Å². The molecule has 1 rings (SSSR count). The first-order valence-corrected chi connectivity index (χ1v) is 4.61. The van der Waals surface area contributed by atoms with Gasteiger partial charge in [0.25, 0.3) is 5.91 Å². The zero-order valence-electron chi connectivity index (χ0n) is 9.03. The predicted molar refractivity (Wildman–Crippen MR) is 55.2 cm³/mol. The first kappa shape index (κ1) is 12.1. The molecule has 2 amide bonds. The maximum atomic E-state index is 13.2. The number of aromatic nitrogens is 1. The quantitative estimate of drug-likeness (QED) is 0.790. The Hall–Kier alpha value is -1.98. The number of hydrogen-bond acceptors (Lipinski definition) is 3. The molecular formula is C10H12FN3O2. The van der Waals surface area contributed by atoms with Crippen molar-refractivity contribution in [2.45, 2.75) is 0 Å². The van der Waals surface area contributed by atoms with E-state index < -0.39 is 11.7 Å². The highest BCUT2D eigenvalue weighted by molar-refractivity contribution is 5.96. The average Bonchev–Trinajstić information content (AvgIpc) is 2.28. The Morgan fingerprint density at radius 1 is 1.56 bits per heavy atom. The van der Waals surface area contributed by atoms with Crippen LogP contribution in [0.1, 0.15) is 10.4 Å². The molecule has 0 aromatic carbocycles. The summed E-state index contributed by atoms with van der Waals surface area (Å²) in [5.41, 5.74) is -0.0959. The average molecular weight is 225 g/mol. The van der Waals surface area contributed by atoms with Gasteiger partial charge in [-0.1, -0.05) is 0 Å². The van der Waals surface area contributed by atoms with Crippen molar-refractivity contribution in [3.05, 3.63) is 29.8 Å². The van der Waals surface area contributed by atoms with Crippen LogP contribution in [0, 0.1) is 5.82 Å². The van der Waals surface area contributed by atoms with Gasteiger partial charge in [-0.3, -0.25) is 14.6 Å². The van der Waals surface area contributed by atoms with E-state index in [0.29, 0.717) is 0 Å². The molecule has 0 atom stereocenters. The Morgan fingerprint density at radius 3 is 2.81 bits per heavy atom. The van der Waals surface area contributed by atoms with Gasteiger partial charge in [0.1, 0.15) is 0 Å². The third-order valence-electron chi connectivity index (χ3n) is 2.01. The lowest BCUT2D eigenvalue weighted by Gasteiger charge is -2.16. The van der Waals surface area contributed by atoms with Crippen LogP contribution in [-0.4, -0.2) is 42.3 Å². The third kappa shape index (κ3) is 2.75. The maximum absolute atomic E-state index is 13.2. The molecule has 0 aliphatic heterocycles. The van der Waals surface area contributed by atoms with Gasteiger partial charge in [-0.25, -0.2) is 4.39 Å². The number of nitrogens with zero attached hydrogens (tertiary/aromatic N) is 2. The van der Waals surface area contributed by atoms with E-state index in [-0.39, 0.29) is 18.0 Å². The third-order valence-corrected chi connectivity index (χ3v) is 2.01. The molecule has 0 spiro atoms. The van der Waals surface area contributed by atoms with Gasteiger partial charge in [0.15, 0.2) is 5.82 Å². The Kier molecular flexibility index (Phi) is 3.93. The molecule has 0 radical (unpaired) electrons. The van der Waals surface area contributed by atoms with Crippen LogP contribution in [0.15, 0.2) is 18.5 Å². The fraction of sp³-hybridized carbons (Fsp3) is 0.300. The molecule has 0 bridgehead atoms. The van der Waals surface area contributed by atoms with E-state index in [1.165, 1.54) is 26.4 Å². The summed E-state index contributed by atoms with van der Waals surface area (Å²) in [5.74, 6) is -1.56. The molecule has 16 heavy (non-hydrogen) atoms. The summed E-state index contributed by atoms with van der Waals surface area (Å²) in [7, 11) is 2.89. The van der Waals surface area contributed by atoms with Crippen molar-refractivity contribution in [3.8, 4) is 0 Å². The molecule has 86 valence electrons. The molecule has 0 fully saturated rings. The summed E-state index contributed by atoms with van der Waals surface area (Å²) in [5, 5.41) is 2.38. The van der Waals surface area contributed by atoms with Crippen molar-refractivity contribution < 1.29 is 14.0 Å². The Labute approximate surface area is 92.3 Å². The molecule has 6 heteroatoms. The summed E-state index contributed by atoms with van der Waals surface area (Å²) in [6, 6.07) is 1.28. The first-order valence-electron chi connectivity index (χ1n) is 4.61. The smallest absolute Gasteiger partial charge is 0.257 e. The lowest BCUT2D eigenvalue weighted by Crippen LogP contribution is -2.37. The van der Waals surface area contributed by atoms with Gasteiger partial charge < -0.3 is 10.2 Å². The van der Waals surface area contributed by atoms with E-state index in [0.717, 1.165) is 11.1 Å². The second-order valence-corrected chi connectivity index (χ2v) is 3.19. The van der Waals surface area contributed by atoms with Gasteiger partial charge in [-0.05, 0) is 6.07 Å². The molecule has 5 nitrogen and oxygen atoms in total. The standard InChI is InChI=1S/C10H12FN3O2/c1-12-9(15)6-14(2)10(16)7-3-4-13-5-8(7)11/h3-5H,6H2,1-2H3,(H,12,15). The van der Waals surface area contributed by atoms with Gasteiger partial charge >= 0.3 is 0 Å². The van der Waals surface area contributed by atoms with E-state index in [4.69, 9.17) is 0 Å². The van der Waals surface area contributed by atoms with Crippen LogP contribution in [-0.2, 0) is 4.79 Å². The molecule has 1 aromatic rings. The fourth-order valence-electron chi connectivity index (χ4n) is 1.12. The number of carbonyl (C=O) groups is 2. The summed E-state index contributed by atoms with van der Waals surface area (Å²) < 4.78 is 13.2. The van der Waals surface area contributed by atoms with Crippen molar-refractivity contribution in [3.63, 3.8) is 0 Å². The number of amides is 2. The Morgan fingerprint density at radius 2 is 2.25 bits per heavy atom. The van der Waals surface area contributed by atoms with E-state index in [9.17, 15) is 14.0 Å². The zero-order chi connectivity index (χ0) is 12.1. The van der Waals surface area contributed by atoms with E-state index in [1.807, 2.05) is 0 Å². The minimum Gasteiger partial charge on any atom is -0.358 e. The van der Waals surface area contributed by atoms with Crippen molar-refractivity contribution in [2.24, 2.45) is 0 Å². The lowest BCUT2D eigenvalue weighted by molar-refractivity contribution is -0.121. The van der Waals surface area contributed by atoms with Crippen LogP contribution >= 0.6 is 0 Å². The van der Waals surface area contributed by atoms with Gasteiger partial charge in [0.05, 0.1) is 18.3 Å². The van der Waals surface area contributed by atoms with Crippen LogP contribution in [0.5, 0.6) is 0 Å². The number of pyridine rings is 1. The Bertz CT molecular complexity index is 409. The highest BCUT2D eigenvalue weighted by atomic mass is 19.1. The highest BCUT2D eigenvalue weighted by Gasteiger charge is 2.17. The lowest BCUT2D eigenvalue weighted by atomic mass is 10.2. The molecule has 0 saturated heterocycles. The highest BCUT2D eigenvalue weighted by Crippen LogP contribution is 2.07. The monoisotopic (exact) mass is 225 g/mol.